The van der Waals surface area contributed by atoms with Crippen molar-refractivity contribution in [2.75, 3.05) is 33.2 Å². The molecule has 1 aliphatic carbocycles. The van der Waals surface area contributed by atoms with Gasteiger partial charge < -0.3 is 42.4 Å². The average Bonchev–Trinajstić information content (AvgIpc) is 3.11. The van der Waals surface area contributed by atoms with Crippen molar-refractivity contribution in [1.82, 2.24) is 31.1 Å². The standard InChI is InChI=1S/C39H74N8O7/c1-10-13-21-31(47(22-14-11-2)25-27(5)43-34(49)26(4)23-40)37(52)46(9)30(18-12-3)35(50)45-32(28-19-16-15-17-20-28)36(51)44-29(33(41)48)24-42-38(53)54-39(6,7)8/h26-32H,10-25,40H2,1-9H3,(H2,41,48)(H,42,53)(H,43,49)(H,44,51)(H,45,50)/t26-,27+,29?,30-,31-,32-/m0/s1. The Morgan fingerprint density at radius 2 is 1.44 bits per heavy atom. The Morgan fingerprint density at radius 1 is 0.815 bits per heavy atom. The first-order chi connectivity index (χ1) is 25.4. The predicted molar refractivity (Wildman–Crippen MR) is 211 cm³/mol. The number of carbonyl (C=O) groups excluding carboxylic acids is 6. The Morgan fingerprint density at radius 3 is 1.98 bits per heavy atom. The van der Waals surface area contributed by atoms with Crippen LogP contribution in [0.15, 0.2) is 0 Å². The number of carbonyl (C=O) groups is 6. The molecule has 6 amide bonds. The number of amides is 6. The van der Waals surface area contributed by atoms with Crippen LogP contribution in [0, 0.1) is 11.8 Å². The molecule has 15 nitrogen and oxygen atoms in total. The van der Waals surface area contributed by atoms with E-state index in [-0.39, 0.29) is 42.8 Å². The van der Waals surface area contributed by atoms with E-state index in [0.717, 1.165) is 44.9 Å². The zero-order valence-electron chi connectivity index (χ0n) is 34.8. The van der Waals surface area contributed by atoms with Gasteiger partial charge in [-0.25, -0.2) is 4.79 Å². The fourth-order valence-electron chi connectivity index (χ4n) is 6.75. The first-order valence-electron chi connectivity index (χ1n) is 20.3. The van der Waals surface area contributed by atoms with E-state index in [1.54, 1.807) is 34.7 Å². The van der Waals surface area contributed by atoms with Crippen molar-refractivity contribution in [3.8, 4) is 0 Å². The number of nitrogens with zero attached hydrogens (tertiary/aromatic N) is 2. The minimum atomic E-state index is -1.25. The van der Waals surface area contributed by atoms with Gasteiger partial charge in [0.05, 0.1) is 12.6 Å². The van der Waals surface area contributed by atoms with Gasteiger partial charge in [-0.05, 0) is 72.3 Å². The number of hydrogen-bond acceptors (Lipinski definition) is 9. The molecule has 0 radical (unpaired) electrons. The van der Waals surface area contributed by atoms with Crippen molar-refractivity contribution in [2.24, 2.45) is 23.3 Å². The molecule has 1 rings (SSSR count). The number of likely N-dealkylation sites (N-methyl/N-ethyl adjacent to an activating group) is 1. The van der Waals surface area contributed by atoms with Crippen LogP contribution in [-0.4, -0.2) is 114 Å². The lowest BCUT2D eigenvalue weighted by molar-refractivity contribution is -0.145. The normalized spacial score (nSPS) is 16.9. The zero-order chi connectivity index (χ0) is 41.0. The van der Waals surface area contributed by atoms with Crippen LogP contribution in [-0.2, 0) is 28.7 Å². The summed E-state index contributed by atoms with van der Waals surface area (Å²) in [6.07, 6.45) is 8.45. The molecule has 54 heavy (non-hydrogen) atoms. The number of nitrogens with two attached hydrogens (primary N) is 2. The maximum Gasteiger partial charge on any atom is 0.407 e. The molecule has 0 heterocycles. The Bertz CT molecular complexity index is 1190. The Balaban J connectivity index is 3.35. The topological polar surface area (TPSA) is 218 Å². The number of nitrogens with one attached hydrogen (secondary N) is 4. The number of hydrogen-bond donors (Lipinski definition) is 6. The summed E-state index contributed by atoms with van der Waals surface area (Å²) in [4.78, 5) is 83.6. The molecule has 1 aliphatic rings. The summed E-state index contributed by atoms with van der Waals surface area (Å²) in [5.74, 6) is -2.74. The van der Waals surface area contributed by atoms with Gasteiger partial charge in [0.15, 0.2) is 0 Å². The molecule has 1 fully saturated rings. The summed E-state index contributed by atoms with van der Waals surface area (Å²) >= 11 is 0. The number of alkyl carbamates (subject to hydrolysis) is 1. The second kappa shape index (κ2) is 24.8. The van der Waals surface area contributed by atoms with Gasteiger partial charge in [0.25, 0.3) is 0 Å². The summed E-state index contributed by atoms with van der Waals surface area (Å²) in [6.45, 7) is 16.0. The van der Waals surface area contributed by atoms with E-state index in [4.69, 9.17) is 16.2 Å². The highest BCUT2D eigenvalue weighted by Gasteiger charge is 2.38. The maximum atomic E-state index is 14.5. The predicted octanol–water partition coefficient (Wildman–Crippen LogP) is 2.93. The van der Waals surface area contributed by atoms with Gasteiger partial charge in [0, 0.05) is 32.1 Å². The maximum absolute atomic E-state index is 14.5. The van der Waals surface area contributed by atoms with Crippen LogP contribution >= 0.6 is 0 Å². The molecule has 312 valence electrons. The Labute approximate surface area is 324 Å². The average molecular weight is 767 g/mol. The fraction of sp³-hybridized carbons (Fsp3) is 0.846. The van der Waals surface area contributed by atoms with Gasteiger partial charge >= 0.3 is 6.09 Å². The van der Waals surface area contributed by atoms with E-state index in [1.807, 2.05) is 13.8 Å². The van der Waals surface area contributed by atoms with Crippen molar-refractivity contribution in [3.05, 3.63) is 0 Å². The second-order valence-corrected chi connectivity index (χ2v) is 16.0. The molecular weight excluding hydrogens is 692 g/mol. The summed E-state index contributed by atoms with van der Waals surface area (Å²) in [7, 11) is 1.65. The number of rotatable bonds is 24. The summed E-state index contributed by atoms with van der Waals surface area (Å²) in [5.41, 5.74) is 10.6. The van der Waals surface area contributed by atoms with Crippen molar-refractivity contribution >= 4 is 35.6 Å². The molecular formula is C39H74N8O7. The molecule has 1 unspecified atom stereocenters. The lowest BCUT2D eigenvalue weighted by Crippen LogP contribution is -2.61. The van der Waals surface area contributed by atoms with Crippen LogP contribution in [0.4, 0.5) is 4.79 Å². The van der Waals surface area contributed by atoms with E-state index in [9.17, 15) is 28.8 Å². The zero-order valence-corrected chi connectivity index (χ0v) is 34.8. The van der Waals surface area contributed by atoms with Gasteiger partial charge in [-0.3, -0.25) is 28.9 Å². The van der Waals surface area contributed by atoms with E-state index >= 15 is 0 Å². The van der Waals surface area contributed by atoms with Gasteiger partial charge in [0.2, 0.25) is 29.5 Å². The third-order valence-electron chi connectivity index (χ3n) is 9.94. The van der Waals surface area contributed by atoms with Gasteiger partial charge in [-0.2, -0.15) is 0 Å². The first-order valence-corrected chi connectivity index (χ1v) is 20.3. The highest BCUT2D eigenvalue weighted by molar-refractivity contribution is 5.95. The third-order valence-corrected chi connectivity index (χ3v) is 9.94. The molecule has 8 N–H and O–H groups in total. The second-order valence-electron chi connectivity index (χ2n) is 16.0. The fourth-order valence-corrected chi connectivity index (χ4v) is 6.75. The van der Waals surface area contributed by atoms with E-state index in [0.29, 0.717) is 45.2 Å². The molecule has 0 aliphatic heterocycles. The number of ether oxygens (including phenoxy) is 1. The molecule has 0 bridgehead atoms. The first kappa shape index (κ1) is 48.6. The van der Waals surface area contributed by atoms with Gasteiger partial charge in [0.1, 0.15) is 23.7 Å². The van der Waals surface area contributed by atoms with E-state index < -0.39 is 53.6 Å². The molecule has 6 atom stereocenters. The molecule has 15 heteroatoms. The lowest BCUT2D eigenvalue weighted by atomic mass is 9.83. The molecule has 1 saturated carbocycles. The highest BCUT2D eigenvalue weighted by Crippen LogP contribution is 2.27. The van der Waals surface area contributed by atoms with Gasteiger partial charge in [-0.1, -0.05) is 72.6 Å². The highest BCUT2D eigenvalue weighted by atomic mass is 16.6. The van der Waals surface area contributed by atoms with Gasteiger partial charge in [-0.15, -0.1) is 0 Å². The van der Waals surface area contributed by atoms with Crippen LogP contribution in [0.25, 0.3) is 0 Å². The third kappa shape index (κ3) is 17.3. The van der Waals surface area contributed by atoms with Crippen molar-refractivity contribution < 1.29 is 33.5 Å². The molecule has 0 aromatic heterocycles. The molecule has 0 saturated heterocycles. The molecule has 0 spiro atoms. The Hall–Kier alpha value is -3.46. The van der Waals surface area contributed by atoms with Crippen molar-refractivity contribution in [1.29, 1.82) is 0 Å². The summed E-state index contributed by atoms with van der Waals surface area (Å²) < 4.78 is 5.25. The SMILES string of the molecule is CCCC[C@@H](C(=O)N(C)[C@@H](CCC)C(=O)N[C@H](C(=O)NC(CNC(=O)OC(C)(C)C)C(N)=O)C1CCCCC1)N(CCCC)C[C@@H](C)NC(=O)[C@@H](C)CN. The minimum Gasteiger partial charge on any atom is -0.444 e. The van der Waals surface area contributed by atoms with Crippen LogP contribution in [0.5, 0.6) is 0 Å². The van der Waals surface area contributed by atoms with Crippen LogP contribution < -0.4 is 32.7 Å². The molecule has 0 aromatic carbocycles. The van der Waals surface area contributed by atoms with E-state index in [2.05, 4.69) is 40.0 Å². The van der Waals surface area contributed by atoms with Crippen LogP contribution in [0.2, 0.25) is 0 Å². The minimum absolute atomic E-state index is 0.133. The van der Waals surface area contributed by atoms with Crippen LogP contribution in [0.1, 0.15) is 132 Å². The lowest BCUT2D eigenvalue weighted by Gasteiger charge is -2.38. The van der Waals surface area contributed by atoms with Crippen molar-refractivity contribution in [3.63, 3.8) is 0 Å². The number of unbranched alkanes of at least 4 members (excludes halogenated alkanes) is 2. The summed E-state index contributed by atoms with van der Waals surface area (Å²) in [6, 6.07) is -3.85. The quantitative estimate of drug-likeness (QED) is 0.0850. The Kier molecular flexibility index (Phi) is 22.3. The summed E-state index contributed by atoms with van der Waals surface area (Å²) in [5, 5.41) is 11.2. The smallest absolute Gasteiger partial charge is 0.407 e. The number of primary amides is 1. The molecule has 0 aromatic rings. The largest absolute Gasteiger partial charge is 0.444 e. The monoisotopic (exact) mass is 767 g/mol. The van der Waals surface area contributed by atoms with E-state index in [1.165, 1.54) is 4.90 Å². The van der Waals surface area contributed by atoms with Crippen LogP contribution in [0.3, 0.4) is 0 Å². The van der Waals surface area contributed by atoms with Crippen molar-refractivity contribution in [2.45, 2.75) is 168 Å².